The summed E-state index contributed by atoms with van der Waals surface area (Å²) in [7, 11) is 1.80. The smallest absolute Gasteiger partial charge is 0.233 e. The zero-order valence-electron chi connectivity index (χ0n) is 11.9. The minimum absolute atomic E-state index is 0. The van der Waals surface area contributed by atoms with Crippen LogP contribution in [0.2, 0.25) is 0 Å². The van der Waals surface area contributed by atoms with Crippen LogP contribution in [0.4, 0.5) is 0 Å². The number of nitrogens with one attached hydrogen (secondary N) is 2. The number of carbonyl (C=O) groups excluding carboxylic acids is 1. The van der Waals surface area contributed by atoms with Gasteiger partial charge in [0.1, 0.15) is 0 Å². The Morgan fingerprint density at radius 3 is 2.50 bits per heavy atom. The van der Waals surface area contributed by atoms with Crippen LogP contribution < -0.4 is 10.6 Å². The van der Waals surface area contributed by atoms with Gasteiger partial charge in [-0.3, -0.25) is 4.79 Å². The zero-order valence-corrected chi connectivity index (χ0v) is 13.5. The Morgan fingerprint density at radius 2 is 1.90 bits per heavy atom. The molecule has 1 fully saturated rings. The monoisotopic (exact) mass is 314 g/mol. The van der Waals surface area contributed by atoms with E-state index in [9.17, 15) is 4.79 Å². The molecule has 0 heterocycles. The van der Waals surface area contributed by atoms with Crippen LogP contribution in [0.1, 0.15) is 25.7 Å². The molecule has 0 saturated heterocycles. The van der Waals surface area contributed by atoms with E-state index in [1.54, 1.807) is 7.05 Å². The highest BCUT2D eigenvalue weighted by atomic mass is 35.5. The van der Waals surface area contributed by atoms with Gasteiger partial charge in [0.2, 0.25) is 5.91 Å². The Balaban J connectivity index is 0.00000200. The van der Waals surface area contributed by atoms with Crippen molar-refractivity contribution in [2.45, 2.75) is 35.3 Å². The van der Waals surface area contributed by atoms with E-state index in [-0.39, 0.29) is 23.1 Å². The number of hydrogen-bond acceptors (Lipinski definition) is 3. The lowest BCUT2D eigenvalue weighted by Crippen LogP contribution is -2.41. The third-order valence-corrected chi connectivity index (χ3v) is 5.03. The summed E-state index contributed by atoms with van der Waals surface area (Å²) in [6.45, 7) is 1.17. The Bertz CT molecular complexity index is 408. The van der Waals surface area contributed by atoms with Crippen LogP contribution in [-0.2, 0) is 4.79 Å². The first-order valence-corrected chi connectivity index (χ1v) is 7.71. The predicted octanol–water partition coefficient (Wildman–Crippen LogP) is 2.85. The van der Waals surface area contributed by atoms with Crippen molar-refractivity contribution in [3.8, 4) is 0 Å². The van der Waals surface area contributed by atoms with E-state index < -0.39 is 0 Å². The zero-order chi connectivity index (χ0) is 13.6. The van der Waals surface area contributed by atoms with Crippen LogP contribution >= 0.6 is 24.2 Å². The third kappa shape index (κ3) is 5.00. The quantitative estimate of drug-likeness (QED) is 0.848. The molecule has 0 radical (unpaired) electrons. The van der Waals surface area contributed by atoms with Gasteiger partial charge >= 0.3 is 0 Å². The van der Waals surface area contributed by atoms with E-state index in [0.717, 1.165) is 6.54 Å². The van der Waals surface area contributed by atoms with E-state index in [4.69, 9.17) is 0 Å². The number of carbonyl (C=O) groups is 1. The maximum Gasteiger partial charge on any atom is 0.233 e. The standard InChI is InChI=1S/C15H22N2OS.ClH/c1-16-11-14(18)17-12-15(9-5-6-10-15)19-13-7-3-2-4-8-13;/h2-4,7-8,16H,5-6,9-12H2,1H3,(H,17,18);1H. The van der Waals surface area contributed by atoms with E-state index in [1.807, 2.05) is 17.8 Å². The highest BCUT2D eigenvalue weighted by molar-refractivity contribution is 8.00. The summed E-state index contributed by atoms with van der Waals surface area (Å²) in [5.74, 6) is 0.0856. The molecule has 0 spiro atoms. The number of halogens is 1. The van der Waals surface area contributed by atoms with Crippen LogP contribution in [-0.4, -0.2) is 30.8 Å². The average Bonchev–Trinajstić information content (AvgIpc) is 2.87. The van der Waals surface area contributed by atoms with Gasteiger partial charge in [-0.05, 0) is 32.0 Å². The highest BCUT2D eigenvalue weighted by Crippen LogP contribution is 2.44. The molecule has 2 N–H and O–H groups in total. The molecule has 1 amide bonds. The molecule has 0 aliphatic heterocycles. The molecule has 20 heavy (non-hydrogen) atoms. The molecule has 1 aliphatic carbocycles. The molecular weight excluding hydrogens is 292 g/mol. The second kappa shape index (κ2) is 8.55. The lowest BCUT2D eigenvalue weighted by atomic mass is 10.1. The molecule has 112 valence electrons. The lowest BCUT2D eigenvalue weighted by molar-refractivity contribution is -0.120. The van der Waals surface area contributed by atoms with Crippen LogP contribution in [0.3, 0.4) is 0 Å². The van der Waals surface area contributed by atoms with E-state index in [2.05, 4.69) is 34.9 Å². The van der Waals surface area contributed by atoms with Gasteiger partial charge in [-0.25, -0.2) is 0 Å². The molecule has 1 aromatic rings. The predicted molar refractivity (Wildman–Crippen MR) is 87.7 cm³/mol. The van der Waals surface area contributed by atoms with E-state index in [0.29, 0.717) is 6.54 Å². The first kappa shape index (κ1) is 17.3. The fourth-order valence-electron chi connectivity index (χ4n) is 2.56. The number of thioether (sulfide) groups is 1. The molecule has 5 heteroatoms. The van der Waals surface area contributed by atoms with Crippen LogP contribution in [0.25, 0.3) is 0 Å². The minimum atomic E-state index is 0. The van der Waals surface area contributed by atoms with Crippen molar-refractivity contribution in [1.29, 1.82) is 0 Å². The van der Waals surface area contributed by atoms with Crippen molar-refractivity contribution >= 4 is 30.1 Å². The van der Waals surface area contributed by atoms with Gasteiger partial charge in [0.25, 0.3) is 0 Å². The van der Waals surface area contributed by atoms with Crippen LogP contribution in [0, 0.1) is 0 Å². The Kier molecular flexibility index (Phi) is 7.41. The summed E-state index contributed by atoms with van der Waals surface area (Å²) in [6.07, 6.45) is 4.91. The van der Waals surface area contributed by atoms with Gasteiger partial charge in [0.05, 0.1) is 6.54 Å². The molecule has 1 aromatic carbocycles. The van der Waals surface area contributed by atoms with Crippen molar-refractivity contribution in [3.63, 3.8) is 0 Å². The molecule has 1 aliphatic rings. The summed E-state index contributed by atoms with van der Waals surface area (Å²) >= 11 is 1.92. The molecule has 0 aromatic heterocycles. The first-order chi connectivity index (χ1) is 9.24. The van der Waals surface area contributed by atoms with E-state index >= 15 is 0 Å². The van der Waals surface area contributed by atoms with Gasteiger partial charge in [-0.2, -0.15) is 0 Å². The highest BCUT2D eigenvalue weighted by Gasteiger charge is 2.35. The van der Waals surface area contributed by atoms with Crippen LogP contribution in [0.15, 0.2) is 35.2 Å². The second-order valence-electron chi connectivity index (χ2n) is 5.11. The Labute approximate surface area is 131 Å². The Morgan fingerprint density at radius 1 is 1.25 bits per heavy atom. The van der Waals surface area contributed by atoms with Gasteiger partial charge in [-0.1, -0.05) is 31.0 Å². The SMILES string of the molecule is CNCC(=O)NCC1(Sc2ccccc2)CCCC1.Cl. The van der Waals surface area contributed by atoms with Crippen molar-refractivity contribution < 1.29 is 4.79 Å². The maximum absolute atomic E-state index is 11.6. The summed E-state index contributed by atoms with van der Waals surface area (Å²) in [5.41, 5.74) is 0. The fraction of sp³-hybridized carbons (Fsp3) is 0.533. The Hall–Kier alpha value is -0.710. The summed E-state index contributed by atoms with van der Waals surface area (Å²) < 4.78 is 0.185. The van der Waals surface area contributed by atoms with Gasteiger partial charge in [-0.15, -0.1) is 24.2 Å². The summed E-state index contributed by atoms with van der Waals surface area (Å²) in [4.78, 5) is 12.9. The first-order valence-electron chi connectivity index (χ1n) is 6.89. The van der Waals surface area contributed by atoms with Crippen molar-refractivity contribution in [3.05, 3.63) is 30.3 Å². The van der Waals surface area contributed by atoms with Crippen molar-refractivity contribution in [2.75, 3.05) is 20.1 Å². The lowest BCUT2D eigenvalue weighted by Gasteiger charge is -2.28. The summed E-state index contributed by atoms with van der Waals surface area (Å²) in [5, 5.41) is 5.95. The van der Waals surface area contributed by atoms with Crippen LogP contribution in [0.5, 0.6) is 0 Å². The molecule has 0 atom stereocenters. The van der Waals surface area contributed by atoms with Crippen molar-refractivity contribution in [1.82, 2.24) is 10.6 Å². The topological polar surface area (TPSA) is 41.1 Å². The number of hydrogen-bond donors (Lipinski definition) is 2. The third-order valence-electron chi connectivity index (χ3n) is 3.54. The molecule has 1 saturated carbocycles. The second-order valence-corrected chi connectivity index (χ2v) is 6.65. The van der Waals surface area contributed by atoms with Gasteiger partial charge in [0.15, 0.2) is 0 Å². The summed E-state index contributed by atoms with van der Waals surface area (Å²) in [6, 6.07) is 10.5. The number of likely N-dealkylation sites (N-methyl/N-ethyl adjacent to an activating group) is 1. The van der Waals surface area contributed by atoms with Crippen molar-refractivity contribution in [2.24, 2.45) is 0 Å². The molecule has 2 rings (SSSR count). The van der Waals surface area contributed by atoms with Gasteiger partial charge < -0.3 is 10.6 Å². The number of rotatable bonds is 6. The number of benzene rings is 1. The average molecular weight is 315 g/mol. The molecule has 0 unspecified atom stereocenters. The largest absolute Gasteiger partial charge is 0.354 e. The van der Waals surface area contributed by atoms with Gasteiger partial charge in [0, 0.05) is 16.2 Å². The molecular formula is C15H23ClN2OS. The maximum atomic E-state index is 11.6. The fourth-order valence-corrected chi connectivity index (χ4v) is 3.99. The minimum Gasteiger partial charge on any atom is -0.354 e. The number of amides is 1. The molecule has 3 nitrogen and oxygen atoms in total. The normalized spacial score (nSPS) is 16.4. The molecule has 0 bridgehead atoms. The van der Waals surface area contributed by atoms with E-state index in [1.165, 1.54) is 30.6 Å².